The number of ether oxygens (including phenoxy) is 1. The fourth-order valence-electron chi connectivity index (χ4n) is 6.18. The topological polar surface area (TPSA) is 13.1 Å². The van der Waals surface area contributed by atoms with E-state index < -0.39 is 0 Å². The van der Waals surface area contributed by atoms with E-state index >= 15 is 0 Å². The third-order valence-corrected chi connectivity index (χ3v) is 7.57. The van der Waals surface area contributed by atoms with E-state index in [1.807, 2.05) is 0 Å². The van der Waals surface area contributed by atoms with Crippen molar-refractivity contribution in [3.63, 3.8) is 0 Å². The van der Waals surface area contributed by atoms with Crippen molar-refractivity contribution in [3.05, 3.63) is 77.5 Å². The minimum Gasteiger partial charge on any atom is -0.455 e. The number of hydrogen-bond acceptors (Lipinski definition) is 1. The van der Waals surface area contributed by atoms with Crippen molar-refractivity contribution in [2.75, 3.05) is 0 Å². The van der Waals surface area contributed by atoms with Gasteiger partial charge in [-0.05, 0) is 75.2 Å². The Morgan fingerprint density at radius 1 is 0.889 bits per heavy atom. The third-order valence-electron chi connectivity index (χ3n) is 7.57. The largest absolute Gasteiger partial charge is 0.455 e. The molecule has 0 fully saturated rings. The number of aromatic nitrogens is 1. The van der Waals surface area contributed by atoms with Gasteiger partial charge in [0.1, 0.15) is 18.5 Å². The van der Waals surface area contributed by atoms with E-state index in [1.165, 1.54) is 60.3 Å². The van der Waals surface area contributed by atoms with Gasteiger partial charge in [-0.3, -0.25) is 0 Å². The molecule has 1 aliphatic heterocycles. The van der Waals surface area contributed by atoms with Crippen LogP contribution >= 0.6 is 0 Å². The maximum Gasteiger partial charge on any atom is 0.228 e. The maximum atomic E-state index is 7.03. The second-order valence-electron chi connectivity index (χ2n) is 12.3. The molecule has 0 radical (unpaired) electrons. The van der Waals surface area contributed by atoms with Crippen LogP contribution in [0.5, 0.6) is 11.5 Å². The molecule has 0 unspecified atom stereocenters. The molecule has 2 nitrogen and oxygen atoms in total. The number of nitrogens with zero attached hydrogens (tertiary/aromatic N) is 1. The standard InChI is InChI=1S/C34H36NO/c1-20(2)16-22-17-24-14-15-35(7)32-29-21(3)25-13-12-23-10-8-9-11-26(23)31(25)27(19-34(4,5)6)33(29)36-28(18-22)30(24)32/h8-15,17-18,20H,16,19H2,1-7H3/q+1. The van der Waals surface area contributed by atoms with Gasteiger partial charge in [0.25, 0.3) is 0 Å². The van der Waals surface area contributed by atoms with E-state index in [9.17, 15) is 0 Å². The summed E-state index contributed by atoms with van der Waals surface area (Å²) in [5.74, 6) is 2.64. The van der Waals surface area contributed by atoms with Crippen molar-refractivity contribution in [2.45, 2.75) is 54.4 Å². The van der Waals surface area contributed by atoms with Gasteiger partial charge >= 0.3 is 0 Å². The van der Waals surface area contributed by atoms with Crippen LogP contribution in [0.1, 0.15) is 51.3 Å². The molecule has 0 aliphatic carbocycles. The van der Waals surface area contributed by atoms with Crippen LogP contribution in [0.3, 0.4) is 0 Å². The van der Waals surface area contributed by atoms with Crippen molar-refractivity contribution >= 4 is 32.3 Å². The molecule has 4 aromatic carbocycles. The third kappa shape index (κ3) is 3.58. The molecule has 182 valence electrons. The molecule has 6 rings (SSSR count). The fourth-order valence-corrected chi connectivity index (χ4v) is 6.18. The Balaban J connectivity index is 1.78. The average molecular weight is 475 g/mol. The Labute approximate surface area is 214 Å². The molecule has 1 aliphatic rings. The van der Waals surface area contributed by atoms with E-state index in [-0.39, 0.29) is 5.41 Å². The van der Waals surface area contributed by atoms with Crippen LogP contribution in [-0.4, -0.2) is 0 Å². The number of fused-ring (bicyclic) bond motifs is 5. The summed E-state index contributed by atoms with van der Waals surface area (Å²) in [6.45, 7) is 13.8. The van der Waals surface area contributed by atoms with Crippen LogP contribution < -0.4 is 9.30 Å². The lowest BCUT2D eigenvalue weighted by Gasteiger charge is -2.29. The van der Waals surface area contributed by atoms with Gasteiger partial charge in [0, 0.05) is 11.6 Å². The number of aryl methyl sites for hydroxylation is 2. The quantitative estimate of drug-likeness (QED) is 0.184. The molecule has 0 amide bonds. The first-order valence-corrected chi connectivity index (χ1v) is 13.2. The first-order chi connectivity index (χ1) is 17.1. The molecule has 2 heterocycles. The Morgan fingerprint density at radius 2 is 1.67 bits per heavy atom. The summed E-state index contributed by atoms with van der Waals surface area (Å²) in [5.41, 5.74) is 6.59. The molecule has 0 saturated carbocycles. The molecule has 0 atom stereocenters. The molecule has 2 heteroatoms. The van der Waals surface area contributed by atoms with Crippen LogP contribution in [0.2, 0.25) is 0 Å². The smallest absolute Gasteiger partial charge is 0.228 e. The Kier molecular flexibility index (Phi) is 5.16. The normalized spacial score (nSPS) is 13.0. The average Bonchev–Trinajstić information content (AvgIpc) is 2.81. The van der Waals surface area contributed by atoms with Gasteiger partial charge in [-0.15, -0.1) is 0 Å². The Hall–Kier alpha value is -3.39. The zero-order chi connectivity index (χ0) is 25.4. The predicted molar refractivity (Wildman–Crippen MR) is 152 cm³/mol. The highest BCUT2D eigenvalue weighted by molar-refractivity contribution is 6.15. The molecular formula is C34H36NO+. The predicted octanol–water partition coefficient (Wildman–Crippen LogP) is 8.84. The van der Waals surface area contributed by atoms with E-state index in [4.69, 9.17) is 4.74 Å². The number of rotatable bonds is 3. The van der Waals surface area contributed by atoms with E-state index in [0.29, 0.717) is 5.92 Å². The lowest BCUT2D eigenvalue weighted by Crippen LogP contribution is -2.32. The second-order valence-corrected chi connectivity index (χ2v) is 12.3. The number of hydrogen-bond donors (Lipinski definition) is 0. The molecule has 0 spiro atoms. The lowest BCUT2D eigenvalue weighted by atomic mass is 9.80. The first-order valence-electron chi connectivity index (χ1n) is 13.2. The minimum absolute atomic E-state index is 0.115. The summed E-state index contributed by atoms with van der Waals surface area (Å²) in [4.78, 5) is 0. The van der Waals surface area contributed by atoms with E-state index in [1.54, 1.807) is 0 Å². The minimum atomic E-state index is 0.115. The van der Waals surface area contributed by atoms with Crippen LogP contribution in [0.25, 0.3) is 43.6 Å². The van der Waals surface area contributed by atoms with Crippen LogP contribution in [0.15, 0.2) is 60.8 Å². The van der Waals surface area contributed by atoms with Gasteiger partial charge in [-0.25, -0.2) is 4.57 Å². The SMILES string of the molecule is Cc1c2c(c(CC(C)(C)C)c3c1ccc1ccccc13)Oc1cc(CC(C)C)cc3cc[n+](C)c-2c13. The van der Waals surface area contributed by atoms with Crippen LogP contribution in [0, 0.1) is 18.3 Å². The summed E-state index contributed by atoms with van der Waals surface area (Å²) in [5, 5.41) is 7.75. The van der Waals surface area contributed by atoms with E-state index in [0.717, 1.165) is 24.3 Å². The van der Waals surface area contributed by atoms with Crippen molar-refractivity contribution in [3.8, 4) is 22.8 Å². The molecule has 0 saturated heterocycles. The fraction of sp³-hybridized carbons (Fsp3) is 0.324. The van der Waals surface area contributed by atoms with Gasteiger partial charge in [0.2, 0.25) is 5.69 Å². The summed E-state index contributed by atoms with van der Waals surface area (Å²) in [6.07, 6.45) is 4.20. The van der Waals surface area contributed by atoms with Gasteiger partial charge in [-0.1, -0.05) is 77.1 Å². The van der Waals surface area contributed by atoms with Crippen molar-refractivity contribution < 1.29 is 9.30 Å². The monoisotopic (exact) mass is 474 g/mol. The maximum absolute atomic E-state index is 7.03. The second kappa shape index (κ2) is 8.06. The molecule has 36 heavy (non-hydrogen) atoms. The number of pyridine rings is 1. The van der Waals surface area contributed by atoms with Crippen molar-refractivity contribution in [1.29, 1.82) is 0 Å². The molecular weight excluding hydrogens is 438 g/mol. The molecule has 5 aromatic rings. The van der Waals surface area contributed by atoms with Crippen molar-refractivity contribution in [2.24, 2.45) is 18.4 Å². The summed E-state index contributed by atoms with van der Waals surface area (Å²) >= 11 is 0. The Morgan fingerprint density at radius 3 is 2.42 bits per heavy atom. The molecule has 1 aromatic heterocycles. The first kappa shape index (κ1) is 23.0. The lowest BCUT2D eigenvalue weighted by molar-refractivity contribution is -0.659. The van der Waals surface area contributed by atoms with Gasteiger partial charge < -0.3 is 4.74 Å². The summed E-state index contributed by atoms with van der Waals surface area (Å²) < 4.78 is 9.32. The summed E-state index contributed by atoms with van der Waals surface area (Å²) in [7, 11) is 2.17. The highest BCUT2D eigenvalue weighted by Gasteiger charge is 2.34. The van der Waals surface area contributed by atoms with E-state index in [2.05, 4.69) is 114 Å². The summed E-state index contributed by atoms with van der Waals surface area (Å²) in [6, 6.07) is 20.3. The van der Waals surface area contributed by atoms with Gasteiger partial charge in [0.05, 0.1) is 10.9 Å². The molecule has 0 N–H and O–H groups in total. The Bertz CT molecular complexity index is 1680. The van der Waals surface area contributed by atoms with Gasteiger partial charge in [0.15, 0.2) is 6.20 Å². The zero-order valence-electron chi connectivity index (χ0n) is 22.6. The molecule has 0 bridgehead atoms. The zero-order valence-corrected chi connectivity index (χ0v) is 22.6. The van der Waals surface area contributed by atoms with Gasteiger partial charge in [-0.2, -0.15) is 0 Å². The number of benzene rings is 4. The highest BCUT2D eigenvalue weighted by Crippen LogP contribution is 2.52. The van der Waals surface area contributed by atoms with Crippen molar-refractivity contribution in [1.82, 2.24) is 0 Å². The van der Waals surface area contributed by atoms with Crippen LogP contribution in [0.4, 0.5) is 0 Å². The highest BCUT2D eigenvalue weighted by atomic mass is 16.5. The van der Waals surface area contributed by atoms with Crippen LogP contribution in [-0.2, 0) is 19.9 Å².